The first-order chi connectivity index (χ1) is 10.1. The number of carbonyl (C=O) groups excluding carboxylic acids is 1. The topological polar surface area (TPSA) is 20.3 Å². The van der Waals surface area contributed by atoms with Gasteiger partial charge < -0.3 is 4.90 Å². The molecule has 0 saturated heterocycles. The molecule has 0 aliphatic heterocycles. The number of allylic oxidation sites excluding steroid dienone is 2. The average Bonchev–Trinajstić information content (AvgIpc) is 2.91. The number of anilines is 1. The Morgan fingerprint density at radius 1 is 1.00 bits per heavy atom. The Balaban J connectivity index is 1.88. The molecule has 0 bridgehead atoms. The summed E-state index contributed by atoms with van der Waals surface area (Å²) in [4.78, 5) is 13.0. The van der Waals surface area contributed by atoms with Crippen LogP contribution in [0.5, 0.6) is 0 Å². The Labute approximate surface area is 125 Å². The van der Waals surface area contributed by atoms with Crippen LogP contribution in [0.25, 0.3) is 17.7 Å². The van der Waals surface area contributed by atoms with Crippen LogP contribution in [0.4, 0.5) is 5.69 Å². The molecule has 2 nitrogen and oxygen atoms in total. The first-order valence-electron chi connectivity index (χ1n) is 6.99. The van der Waals surface area contributed by atoms with Gasteiger partial charge in [-0.2, -0.15) is 0 Å². The largest absolute Gasteiger partial charge is 0.316 e. The molecule has 0 fully saturated rings. The number of carbonyl (C=O) groups is 1. The third-order valence-electron chi connectivity index (χ3n) is 3.79. The monoisotopic (exact) mass is 275 g/mol. The van der Waals surface area contributed by atoms with Gasteiger partial charge in [-0.1, -0.05) is 48.6 Å². The highest BCUT2D eigenvalue weighted by Crippen LogP contribution is 2.30. The Hall–Kier alpha value is -2.61. The highest BCUT2D eigenvalue weighted by Gasteiger charge is 2.09. The average molecular weight is 275 g/mol. The number of fused-ring (bicyclic) bond motifs is 1. The number of rotatable bonds is 2. The molecule has 0 saturated carbocycles. The molecule has 0 N–H and O–H groups in total. The summed E-state index contributed by atoms with van der Waals surface area (Å²) in [6.07, 6.45) is 6.44. The van der Waals surface area contributed by atoms with Gasteiger partial charge in [-0.05, 0) is 40.5 Å². The van der Waals surface area contributed by atoms with E-state index in [9.17, 15) is 4.79 Å². The van der Waals surface area contributed by atoms with Crippen LogP contribution in [-0.4, -0.2) is 13.0 Å². The van der Waals surface area contributed by atoms with Crippen molar-refractivity contribution in [3.8, 4) is 0 Å². The zero-order chi connectivity index (χ0) is 14.8. The van der Waals surface area contributed by atoms with Crippen LogP contribution in [0.15, 0.2) is 54.6 Å². The molecule has 0 heterocycles. The van der Waals surface area contributed by atoms with Crippen molar-refractivity contribution in [3.63, 3.8) is 0 Å². The summed E-state index contributed by atoms with van der Waals surface area (Å²) in [7, 11) is 1.78. The van der Waals surface area contributed by atoms with Crippen molar-refractivity contribution < 1.29 is 4.79 Å². The quantitative estimate of drug-likeness (QED) is 0.803. The van der Waals surface area contributed by atoms with E-state index in [0.717, 1.165) is 11.3 Å². The lowest BCUT2D eigenvalue weighted by molar-refractivity contribution is -0.116. The number of nitrogens with zero attached hydrogens (tertiary/aromatic N) is 1. The molecule has 104 valence electrons. The van der Waals surface area contributed by atoms with Gasteiger partial charge >= 0.3 is 0 Å². The van der Waals surface area contributed by atoms with Crippen molar-refractivity contribution >= 4 is 29.3 Å². The molecule has 2 aromatic carbocycles. The van der Waals surface area contributed by atoms with E-state index in [-0.39, 0.29) is 5.91 Å². The number of hydrogen-bond donors (Lipinski definition) is 0. The minimum absolute atomic E-state index is 0.0359. The van der Waals surface area contributed by atoms with Crippen molar-refractivity contribution in [2.75, 3.05) is 11.9 Å². The van der Waals surface area contributed by atoms with Gasteiger partial charge in [-0.15, -0.1) is 0 Å². The fourth-order valence-electron chi connectivity index (χ4n) is 2.46. The van der Waals surface area contributed by atoms with Crippen LogP contribution >= 0.6 is 0 Å². The van der Waals surface area contributed by atoms with Crippen molar-refractivity contribution in [2.45, 2.75) is 6.92 Å². The lowest BCUT2D eigenvalue weighted by Gasteiger charge is -2.14. The van der Waals surface area contributed by atoms with E-state index in [2.05, 4.69) is 42.5 Å². The standard InChI is InChI=1S/C19H17NO/c1-14(21)20(2)18-11-7-15(8-12-18)13-17-10-9-16-5-3-4-6-19(16)17/h3-13H,1-2H3/b17-13+. The molecule has 0 spiro atoms. The third-order valence-corrected chi connectivity index (χ3v) is 3.79. The second-order valence-corrected chi connectivity index (χ2v) is 5.19. The normalized spacial score (nSPS) is 14.3. The zero-order valence-corrected chi connectivity index (χ0v) is 12.2. The smallest absolute Gasteiger partial charge is 0.223 e. The lowest BCUT2D eigenvalue weighted by Crippen LogP contribution is -2.22. The first-order valence-corrected chi connectivity index (χ1v) is 6.99. The van der Waals surface area contributed by atoms with Gasteiger partial charge in [-0.3, -0.25) is 4.79 Å². The van der Waals surface area contributed by atoms with E-state index < -0.39 is 0 Å². The fraction of sp³-hybridized carbons (Fsp3) is 0.105. The van der Waals surface area contributed by atoms with Gasteiger partial charge in [0, 0.05) is 19.7 Å². The minimum Gasteiger partial charge on any atom is -0.316 e. The molecule has 2 heteroatoms. The summed E-state index contributed by atoms with van der Waals surface area (Å²) in [5.41, 5.74) is 5.79. The summed E-state index contributed by atoms with van der Waals surface area (Å²) in [6.45, 7) is 1.57. The molecular weight excluding hydrogens is 258 g/mol. The Morgan fingerprint density at radius 3 is 2.43 bits per heavy atom. The SMILES string of the molecule is CC(=O)N(C)c1ccc(/C=C2\C=Cc3ccccc32)cc1. The van der Waals surface area contributed by atoms with E-state index in [0.29, 0.717) is 0 Å². The van der Waals surface area contributed by atoms with Crippen LogP contribution in [0, 0.1) is 0 Å². The molecular formula is C19H17NO. The Morgan fingerprint density at radius 2 is 1.71 bits per heavy atom. The molecule has 1 aliphatic rings. The van der Waals surface area contributed by atoms with Gasteiger partial charge in [-0.25, -0.2) is 0 Å². The van der Waals surface area contributed by atoms with Crippen LogP contribution in [0.2, 0.25) is 0 Å². The predicted molar refractivity (Wildman–Crippen MR) is 88.9 cm³/mol. The molecule has 21 heavy (non-hydrogen) atoms. The third kappa shape index (κ3) is 2.65. The molecule has 0 unspecified atom stereocenters. The highest BCUT2D eigenvalue weighted by atomic mass is 16.2. The maximum absolute atomic E-state index is 11.3. The van der Waals surface area contributed by atoms with Gasteiger partial charge in [0.1, 0.15) is 0 Å². The van der Waals surface area contributed by atoms with E-state index >= 15 is 0 Å². The van der Waals surface area contributed by atoms with E-state index in [4.69, 9.17) is 0 Å². The molecule has 3 rings (SSSR count). The molecule has 0 aromatic heterocycles. The second kappa shape index (κ2) is 5.41. The van der Waals surface area contributed by atoms with E-state index in [1.807, 2.05) is 24.3 Å². The maximum atomic E-state index is 11.3. The van der Waals surface area contributed by atoms with E-state index in [1.54, 1.807) is 18.9 Å². The van der Waals surface area contributed by atoms with Gasteiger partial charge in [0.05, 0.1) is 0 Å². The maximum Gasteiger partial charge on any atom is 0.223 e. The Bertz CT molecular complexity index is 738. The fourth-order valence-corrected chi connectivity index (χ4v) is 2.46. The number of hydrogen-bond acceptors (Lipinski definition) is 1. The van der Waals surface area contributed by atoms with Crippen LogP contribution < -0.4 is 4.90 Å². The molecule has 2 aromatic rings. The van der Waals surface area contributed by atoms with E-state index in [1.165, 1.54) is 16.7 Å². The Kier molecular flexibility index (Phi) is 3.44. The highest BCUT2D eigenvalue weighted by molar-refractivity contribution is 5.97. The van der Waals surface area contributed by atoms with Gasteiger partial charge in [0.25, 0.3) is 0 Å². The molecule has 1 amide bonds. The summed E-state index contributed by atoms with van der Waals surface area (Å²) >= 11 is 0. The number of benzene rings is 2. The first kappa shape index (κ1) is 13.4. The lowest BCUT2D eigenvalue weighted by atomic mass is 10.0. The van der Waals surface area contributed by atoms with Crippen molar-refractivity contribution in [2.24, 2.45) is 0 Å². The molecule has 0 atom stereocenters. The summed E-state index contributed by atoms with van der Waals surface area (Å²) in [5, 5.41) is 0. The van der Waals surface area contributed by atoms with Crippen LogP contribution in [-0.2, 0) is 4.79 Å². The minimum atomic E-state index is 0.0359. The number of amides is 1. The second-order valence-electron chi connectivity index (χ2n) is 5.19. The zero-order valence-electron chi connectivity index (χ0n) is 12.2. The summed E-state index contributed by atoms with van der Waals surface area (Å²) in [6, 6.07) is 16.4. The van der Waals surface area contributed by atoms with Crippen molar-refractivity contribution in [1.29, 1.82) is 0 Å². The van der Waals surface area contributed by atoms with Crippen LogP contribution in [0.3, 0.4) is 0 Å². The van der Waals surface area contributed by atoms with Crippen molar-refractivity contribution in [3.05, 3.63) is 71.3 Å². The van der Waals surface area contributed by atoms with Crippen molar-refractivity contribution in [1.82, 2.24) is 0 Å². The predicted octanol–water partition coefficient (Wildman–Crippen LogP) is 4.24. The summed E-state index contributed by atoms with van der Waals surface area (Å²) < 4.78 is 0. The van der Waals surface area contributed by atoms with Gasteiger partial charge in [0.2, 0.25) is 5.91 Å². The van der Waals surface area contributed by atoms with Gasteiger partial charge in [0.15, 0.2) is 0 Å². The van der Waals surface area contributed by atoms with Crippen LogP contribution in [0.1, 0.15) is 23.6 Å². The molecule has 1 aliphatic carbocycles. The summed E-state index contributed by atoms with van der Waals surface area (Å²) in [5.74, 6) is 0.0359. The molecule has 0 radical (unpaired) electrons.